The molecule has 1 aromatic heterocycles. The highest BCUT2D eigenvalue weighted by molar-refractivity contribution is 5.68. The van der Waals surface area contributed by atoms with Crippen LogP contribution in [0.2, 0.25) is 0 Å². The number of hydrogen-bond acceptors (Lipinski definition) is 3. The number of imidazole rings is 1. The number of nitrogens with zero attached hydrogens (tertiary/aromatic N) is 2. The molecular formula is C17H23N3O2. The second-order valence-corrected chi connectivity index (χ2v) is 7.98. The summed E-state index contributed by atoms with van der Waals surface area (Å²) in [6.45, 7) is 0.893. The van der Waals surface area contributed by atoms with E-state index in [2.05, 4.69) is 14.9 Å². The number of aromatic nitrogens is 2. The number of ether oxygens (including phenoxy) is 1. The van der Waals surface area contributed by atoms with E-state index in [-0.39, 0.29) is 17.7 Å². The van der Waals surface area contributed by atoms with Crippen LogP contribution in [0.5, 0.6) is 0 Å². The first-order chi connectivity index (χ1) is 10.7. The minimum absolute atomic E-state index is 0.0276. The van der Waals surface area contributed by atoms with E-state index in [0.717, 1.165) is 55.8 Å². The van der Waals surface area contributed by atoms with E-state index in [0.29, 0.717) is 0 Å². The fourth-order valence-electron chi connectivity index (χ4n) is 5.93. The van der Waals surface area contributed by atoms with Crippen molar-refractivity contribution in [1.82, 2.24) is 14.9 Å². The average molecular weight is 301 g/mol. The quantitative estimate of drug-likeness (QED) is 0.913. The van der Waals surface area contributed by atoms with Crippen LogP contribution in [-0.4, -0.2) is 21.2 Å². The molecule has 1 amide bonds. The van der Waals surface area contributed by atoms with Gasteiger partial charge in [-0.05, 0) is 56.3 Å². The first kappa shape index (κ1) is 13.0. The third-order valence-corrected chi connectivity index (χ3v) is 6.32. The van der Waals surface area contributed by atoms with Crippen molar-refractivity contribution in [2.24, 2.45) is 17.8 Å². The summed E-state index contributed by atoms with van der Waals surface area (Å²) in [4.78, 5) is 16.8. The van der Waals surface area contributed by atoms with Crippen molar-refractivity contribution >= 4 is 6.09 Å². The molecule has 1 aliphatic heterocycles. The molecule has 4 bridgehead atoms. The number of amides is 1. The zero-order valence-corrected chi connectivity index (χ0v) is 12.8. The Balaban J connectivity index is 1.28. The van der Waals surface area contributed by atoms with E-state index >= 15 is 0 Å². The number of alkyl carbamates (subject to hydrolysis) is 1. The van der Waals surface area contributed by atoms with Gasteiger partial charge in [0.1, 0.15) is 5.82 Å². The van der Waals surface area contributed by atoms with E-state index in [4.69, 9.17) is 4.74 Å². The second kappa shape index (κ2) is 4.49. The van der Waals surface area contributed by atoms with Crippen molar-refractivity contribution in [1.29, 1.82) is 0 Å². The SMILES string of the molecule is O=C(NC12CC3CC(CC(C3)C1)C2)O[C@@H]1CCn2ccnc21. The van der Waals surface area contributed by atoms with Crippen LogP contribution in [0.1, 0.15) is 56.9 Å². The van der Waals surface area contributed by atoms with Crippen LogP contribution in [0.15, 0.2) is 12.4 Å². The first-order valence-corrected chi connectivity index (χ1v) is 8.69. The zero-order chi connectivity index (χ0) is 14.7. The van der Waals surface area contributed by atoms with Gasteiger partial charge >= 0.3 is 6.09 Å². The lowest BCUT2D eigenvalue weighted by Crippen LogP contribution is -2.60. The summed E-state index contributed by atoms with van der Waals surface area (Å²) in [6, 6.07) is 0. The molecule has 0 unspecified atom stereocenters. The molecule has 1 atom stereocenters. The first-order valence-electron chi connectivity index (χ1n) is 8.69. The number of aryl methyl sites for hydroxylation is 1. The zero-order valence-electron chi connectivity index (χ0n) is 12.8. The maximum Gasteiger partial charge on any atom is 0.408 e. The fraction of sp³-hybridized carbons (Fsp3) is 0.765. The van der Waals surface area contributed by atoms with E-state index in [1.807, 2.05) is 6.20 Å². The van der Waals surface area contributed by atoms with Gasteiger partial charge in [-0.1, -0.05) is 0 Å². The summed E-state index contributed by atoms with van der Waals surface area (Å²) >= 11 is 0. The Bertz CT molecular complexity index is 574. The predicted octanol–water partition coefficient (Wildman–Crippen LogP) is 3.02. The van der Waals surface area contributed by atoms with Crippen LogP contribution in [0.3, 0.4) is 0 Å². The molecule has 4 saturated carbocycles. The highest BCUT2D eigenvalue weighted by Crippen LogP contribution is 2.55. The molecule has 4 fully saturated rings. The molecule has 118 valence electrons. The predicted molar refractivity (Wildman–Crippen MR) is 80.1 cm³/mol. The molecule has 0 radical (unpaired) electrons. The van der Waals surface area contributed by atoms with Gasteiger partial charge in [-0.25, -0.2) is 9.78 Å². The van der Waals surface area contributed by atoms with E-state index in [1.54, 1.807) is 6.20 Å². The third kappa shape index (κ3) is 1.97. The smallest absolute Gasteiger partial charge is 0.408 e. The number of carbonyl (C=O) groups excluding carboxylic acids is 1. The van der Waals surface area contributed by atoms with Gasteiger partial charge < -0.3 is 14.6 Å². The summed E-state index contributed by atoms with van der Waals surface area (Å²) in [5, 5.41) is 3.28. The van der Waals surface area contributed by atoms with Crippen molar-refractivity contribution in [2.75, 3.05) is 0 Å². The molecule has 0 aromatic carbocycles. The fourth-order valence-corrected chi connectivity index (χ4v) is 5.93. The molecule has 1 aromatic rings. The van der Waals surface area contributed by atoms with Gasteiger partial charge in [0.2, 0.25) is 0 Å². The lowest BCUT2D eigenvalue weighted by Gasteiger charge is -2.56. The van der Waals surface area contributed by atoms with Crippen molar-refractivity contribution in [3.8, 4) is 0 Å². The molecule has 6 rings (SSSR count). The molecule has 1 N–H and O–H groups in total. The van der Waals surface area contributed by atoms with Crippen LogP contribution >= 0.6 is 0 Å². The van der Waals surface area contributed by atoms with Crippen molar-refractivity contribution in [2.45, 2.75) is 63.1 Å². The highest BCUT2D eigenvalue weighted by Gasteiger charge is 2.52. The molecule has 4 aliphatic carbocycles. The number of carbonyl (C=O) groups is 1. The average Bonchev–Trinajstić information content (AvgIpc) is 3.01. The topological polar surface area (TPSA) is 56.1 Å². The third-order valence-electron chi connectivity index (χ3n) is 6.32. The summed E-state index contributed by atoms with van der Waals surface area (Å²) in [5.74, 6) is 3.38. The Hall–Kier alpha value is -1.52. The summed E-state index contributed by atoms with van der Waals surface area (Å²) < 4.78 is 7.77. The van der Waals surface area contributed by atoms with Gasteiger partial charge in [0.25, 0.3) is 0 Å². The largest absolute Gasteiger partial charge is 0.438 e. The Morgan fingerprint density at radius 2 is 1.91 bits per heavy atom. The molecular weight excluding hydrogens is 278 g/mol. The van der Waals surface area contributed by atoms with Crippen LogP contribution in [0, 0.1) is 17.8 Å². The lowest BCUT2D eigenvalue weighted by atomic mass is 9.53. The lowest BCUT2D eigenvalue weighted by molar-refractivity contribution is -0.0222. The standard InChI is InChI=1S/C17H23N3O2/c21-16(22-14-1-3-20-4-2-18-15(14)20)19-17-8-11-5-12(9-17)7-13(6-11)10-17/h2,4,11-14H,1,3,5-10H2,(H,19,21)/t11?,12?,13?,14-,17?/m1/s1. The maximum atomic E-state index is 12.4. The number of hydrogen-bond donors (Lipinski definition) is 1. The molecule has 2 heterocycles. The molecule has 0 spiro atoms. The maximum absolute atomic E-state index is 12.4. The highest BCUT2D eigenvalue weighted by atomic mass is 16.6. The summed E-state index contributed by atoms with van der Waals surface area (Å²) in [6.07, 6.45) is 11.8. The minimum atomic E-state index is -0.233. The van der Waals surface area contributed by atoms with Gasteiger partial charge in [0.15, 0.2) is 6.10 Å². The van der Waals surface area contributed by atoms with Crippen LogP contribution in [0.4, 0.5) is 4.79 Å². The van der Waals surface area contributed by atoms with E-state index < -0.39 is 0 Å². The molecule has 5 heteroatoms. The van der Waals surface area contributed by atoms with Crippen molar-refractivity contribution in [3.05, 3.63) is 18.2 Å². The van der Waals surface area contributed by atoms with Gasteiger partial charge in [-0.15, -0.1) is 0 Å². The molecule has 5 nitrogen and oxygen atoms in total. The number of nitrogens with one attached hydrogen (secondary N) is 1. The second-order valence-electron chi connectivity index (χ2n) is 7.98. The van der Waals surface area contributed by atoms with Crippen LogP contribution < -0.4 is 5.32 Å². The molecule has 22 heavy (non-hydrogen) atoms. The van der Waals surface area contributed by atoms with Gasteiger partial charge in [-0.2, -0.15) is 0 Å². The van der Waals surface area contributed by atoms with Crippen molar-refractivity contribution < 1.29 is 9.53 Å². The normalized spacial score (nSPS) is 41.5. The van der Waals surface area contributed by atoms with E-state index in [1.165, 1.54) is 19.3 Å². The summed E-state index contributed by atoms with van der Waals surface area (Å²) in [7, 11) is 0. The number of fused-ring (bicyclic) bond motifs is 1. The Labute approximate surface area is 130 Å². The van der Waals surface area contributed by atoms with E-state index in [9.17, 15) is 4.79 Å². The molecule has 0 saturated heterocycles. The molecule has 5 aliphatic rings. The number of rotatable bonds is 2. The summed E-state index contributed by atoms with van der Waals surface area (Å²) in [5.41, 5.74) is 0.0276. The van der Waals surface area contributed by atoms with Gasteiger partial charge in [0.05, 0.1) is 0 Å². The Kier molecular flexibility index (Phi) is 2.65. The van der Waals surface area contributed by atoms with Gasteiger partial charge in [-0.3, -0.25) is 0 Å². The Morgan fingerprint density at radius 3 is 2.59 bits per heavy atom. The van der Waals surface area contributed by atoms with Crippen LogP contribution in [-0.2, 0) is 11.3 Å². The van der Waals surface area contributed by atoms with Crippen molar-refractivity contribution in [3.63, 3.8) is 0 Å². The van der Waals surface area contributed by atoms with Gasteiger partial charge in [0, 0.05) is 30.9 Å². The Morgan fingerprint density at radius 1 is 1.23 bits per heavy atom. The monoisotopic (exact) mass is 301 g/mol. The van der Waals surface area contributed by atoms with Crippen LogP contribution in [0.25, 0.3) is 0 Å². The minimum Gasteiger partial charge on any atom is -0.438 e.